The highest BCUT2D eigenvalue weighted by Gasteiger charge is 2.16. The Morgan fingerprint density at radius 3 is 2.30 bits per heavy atom. The Morgan fingerprint density at radius 2 is 1.70 bits per heavy atom. The zero-order valence-electron chi connectivity index (χ0n) is 12.2. The van der Waals surface area contributed by atoms with Gasteiger partial charge in [0.1, 0.15) is 11.1 Å². The predicted octanol–water partition coefficient (Wildman–Crippen LogP) is 5.88. The summed E-state index contributed by atoms with van der Waals surface area (Å²) in [5, 5.41) is 0.625. The third-order valence-corrected chi connectivity index (χ3v) is 3.76. The van der Waals surface area contributed by atoms with Gasteiger partial charge in [0.15, 0.2) is 0 Å². The van der Waals surface area contributed by atoms with E-state index in [1.54, 1.807) is 18.2 Å². The normalized spacial score (nSPS) is 11.6. The first-order valence-corrected chi connectivity index (χ1v) is 8.16. The van der Waals surface area contributed by atoms with Crippen molar-refractivity contribution in [1.29, 1.82) is 0 Å². The van der Waals surface area contributed by atoms with Crippen molar-refractivity contribution in [2.45, 2.75) is 18.9 Å². The lowest BCUT2D eigenvalue weighted by Crippen LogP contribution is -2.09. The Kier molecular flexibility index (Phi) is 6.97. The number of carbonyl (C=O) groups is 1. The van der Waals surface area contributed by atoms with Crippen LogP contribution in [-0.4, -0.2) is 5.97 Å². The van der Waals surface area contributed by atoms with Crippen molar-refractivity contribution in [2.75, 3.05) is 0 Å². The minimum atomic E-state index is -0.320. The Balaban J connectivity index is 2.01. The number of allylic oxidation sites excluding steroid dienone is 1. The molecule has 1 atom stereocenters. The molecule has 0 spiro atoms. The molecule has 0 bridgehead atoms. The van der Waals surface area contributed by atoms with Gasteiger partial charge in [0.05, 0.1) is 6.42 Å². The van der Waals surface area contributed by atoms with Crippen LogP contribution in [0.3, 0.4) is 0 Å². The average Bonchev–Trinajstić information content (AvgIpc) is 2.53. The quantitative estimate of drug-likeness (QED) is 0.595. The largest absolute Gasteiger partial charge is 0.461 e. The van der Waals surface area contributed by atoms with Gasteiger partial charge in [-0.2, -0.15) is 0 Å². The van der Waals surface area contributed by atoms with Gasteiger partial charge >= 0.3 is 5.97 Å². The van der Waals surface area contributed by atoms with Crippen LogP contribution in [0.25, 0.3) is 0 Å². The van der Waals surface area contributed by atoms with Gasteiger partial charge in [-0.3, -0.25) is 4.79 Å². The van der Waals surface area contributed by atoms with Gasteiger partial charge < -0.3 is 4.74 Å². The van der Waals surface area contributed by atoms with Gasteiger partial charge in [-0.25, -0.2) is 0 Å². The number of carbonyl (C=O) groups excluding carboxylic acids is 1. The lowest BCUT2D eigenvalue weighted by atomic mass is 9.96. The maximum atomic E-state index is 12.1. The minimum absolute atomic E-state index is 0.112. The van der Waals surface area contributed by atoms with Crippen LogP contribution in [0.4, 0.5) is 0 Å². The Hall–Kier alpha value is -1.48. The van der Waals surface area contributed by atoms with Gasteiger partial charge in [-0.05, 0) is 29.3 Å². The van der Waals surface area contributed by atoms with Crippen molar-refractivity contribution >= 4 is 40.8 Å². The number of esters is 1. The molecule has 2 aromatic rings. The van der Waals surface area contributed by atoms with Crippen LogP contribution in [0.5, 0.6) is 0 Å². The molecule has 0 fully saturated rings. The molecule has 0 N–H and O–H groups in total. The first-order valence-electron chi connectivity index (χ1n) is 7.02. The first-order chi connectivity index (χ1) is 11.0. The van der Waals surface area contributed by atoms with E-state index in [-0.39, 0.29) is 29.4 Å². The fraction of sp³-hybridized carbons (Fsp3) is 0.167. The van der Waals surface area contributed by atoms with E-state index in [4.69, 9.17) is 39.5 Å². The van der Waals surface area contributed by atoms with E-state index in [1.165, 1.54) is 0 Å². The van der Waals surface area contributed by atoms with Gasteiger partial charge in [0.2, 0.25) is 0 Å². The minimum Gasteiger partial charge on any atom is -0.461 e. The Morgan fingerprint density at radius 1 is 1.04 bits per heavy atom. The number of benzene rings is 2. The van der Waals surface area contributed by atoms with Crippen molar-refractivity contribution < 1.29 is 9.53 Å². The van der Waals surface area contributed by atoms with Crippen LogP contribution in [0.2, 0.25) is 5.02 Å². The second kappa shape index (κ2) is 8.97. The SMILES string of the molecule is O=C(CC(C=C(Cl)Cl)c1ccc(Cl)cc1)OCc1ccccc1. The van der Waals surface area contributed by atoms with Crippen LogP contribution in [0, 0.1) is 0 Å². The molecule has 2 rings (SSSR count). The number of hydrogen-bond donors (Lipinski definition) is 0. The van der Waals surface area contributed by atoms with Crippen molar-refractivity contribution in [3.05, 3.63) is 81.3 Å². The van der Waals surface area contributed by atoms with E-state index in [0.717, 1.165) is 11.1 Å². The van der Waals surface area contributed by atoms with E-state index >= 15 is 0 Å². The molecule has 0 aliphatic heterocycles. The molecule has 5 heteroatoms. The summed E-state index contributed by atoms with van der Waals surface area (Å²) in [5.74, 6) is -0.583. The number of hydrogen-bond acceptors (Lipinski definition) is 2. The third-order valence-electron chi connectivity index (χ3n) is 3.25. The molecule has 23 heavy (non-hydrogen) atoms. The summed E-state index contributed by atoms with van der Waals surface area (Å²) in [7, 11) is 0. The molecule has 2 nitrogen and oxygen atoms in total. The molecule has 0 heterocycles. The fourth-order valence-corrected chi connectivity index (χ4v) is 2.54. The van der Waals surface area contributed by atoms with E-state index < -0.39 is 0 Å². The Labute approximate surface area is 150 Å². The first kappa shape index (κ1) is 17.9. The van der Waals surface area contributed by atoms with Crippen molar-refractivity contribution in [2.24, 2.45) is 0 Å². The van der Waals surface area contributed by atoms with Gasteiger partial charge in [-0.15, -0.1) is 0 Å². The number of rotatable bonds is 6. The lowest BCUT2D eigenvalue weighted by molar-refractivity contribution is -0.145. The van der Waals surface area contributed by atoms with Gasteiger partial charge in [0.25, 0.3) is 0 Å². The molecule has 0 saturated carbocycles. The van der Waals surface area contributed by atoms with Crippen LogP contribution in [-0.2, 0) is 16.1 Å². The molecule has 2 aromatic carbocycles. The van der Waals surface area contributed by atoms with Gasteiger partial charge in [0, 0.05) is 10.9 Å². The van der Waals surface area contributed by atoms with Crippen LogP contribution in [0.1, 0.15) is 23.5 Å². The molecule has 0 aliphatic carbocycles. The highest BCUT2D eigenvalue weighted by atomic mass is 35.5. The van der Waals surface area contributed by atoms with Gasteiger partial charge in [-0.1, -0.05) is 77.3 Å². The second-order valence-corrected chi connectivity index (χ2v) is 6.41. The maximum Gasteiger partial charge on any atom is 0.307 e. The molecule has 1 unspecified atom stereocenters. The summed E-state index contributed by atoms with van der Waals surface area (Å²) in [6.07, 6.45) is 1.77. The molecule has 0 saturated heterocycles. The summed E-state index contributed by atoms with van der Waals surface area (Å²) in [5.41, 5.74) is 1.83. The molecule has 120 valence electrons. The van der Waals surface area contributed by atoms with Crippen molar-refractivity contribution in [3.8, 4) is 0 Å². The van der Waals surface area contributed by atoms with Crippen LogP contribution < -0.4 is 0 Å². The monoisotopic (exact) mass is 368 g/mol. The summed E-state index contributed by atoms with van der Waals surface area (Å²) in [4.78, 5) is 12.1. The highest BCUT2D eigenvalue weighted by molar-refractivity contribution is 6.55. The zero-order valence-corrected chi connectivity index (χ0v) is 14.5. The molecular weight excluding hydrogens is 355 g/mol. The standard InChI is InChI=1S/C18H15Cl3O2/c19-16-8-6-14(7-9-16)15(10-17(20)21)11-18(22)23-12-13-4-2-1-3-5-13/h1-10,15H,11-12H2. The average molecular weight is 370 g/mol. The number of ether oxygens (including phenoxy) is 1. The second-order valence-electron chi connectivity index (χ2n) is 4.96. The van der Waals surface area contributed by atoms with E-state index in [1.807, 2.05) is 42.5 Å². The number of halogens is 3. The summed E-state index contributed by atoms with van der Waals surface area (Å²) >= 11 is 17.4. The van der Waals surface area contributed by atoms with E-state index in [9.17, 15) is 4.79 Å². The zero-order chi connectivity index (χ0) is 16.7. The van der Waals surface area contributed by atoms with E-state index in [2.05, 4.69) is 0 Å². The molecular formula is C18H15Cl3O2. The molecule has 0 amide bonds. The summed E-state index contributed by atoms with van der Waals surface area (Å²) in [6.45, 7) is 0.241. The molecule has 0 aromatic heterocycles. The Bertz CT molecular complexity index is 662. The fourth-order valence-electron chi connectivity index (χ4n) is 2.11. The van der Waals surface area contributed by atoms with Crippen molar-refractivity contribution in [1.82, 2.24) is 0 Å². The smallest absolute Gasteiger partial charge is 0.307 e. The van der Waals surface area contributed by atoms with Crippen LogP contribution in [0.15, 0.2) is 65.2 Å². The molecule has 0 aliphatic rings. The summed E-state index contributed by atoms with van der Waals surface area (Å²) in [6, 6.07) is 16.7. The maximum absolute atomic E-state index is 12.1. The van der Waals surface area contributed by atoms with Crippen LogP contribution >= 0.6 is 34.8 Å². The third kappa shape index (κ3) is 6.26. The molecule has 0 radical (unpaired) electrons. The highest BCUT2D eigenvalue weighted by Crippen LogP contribution is 2.27. The topological polar surface area (TPSA) is 26.3 Å². The van der Waals surface area contributed by atoms with Crippen molar-refractivity contribution in [3.63, 3.8) is 0 Å². The lowest BCUT2D eigenvalue weighted by Gasteiger charge is -2.13. The predicted molar refractivity (Wildman–Crippen MR) is 94.8 cm³/mol. The van der Waals surface area contributed by atoms with E-state index in [0.29, 0.717) is 5.02 Å². The summed E-state index contributed by atoms with van der Waals surface area (Å²) < 4.78 is 5.42.